The molecule has 0 bridgehead atoms. The minimum absolute atomic E-state index is 0.145. The molecule has 0 aliphatic carbocycles. The SMILES string of the molecule is COc1c2c(cc3c1[C@@H](c1nnnn1-c1ccc(C(=O)N(CCO)CCO)cc1)N(C)CC3)OCO2. The fraction of sp³-hybridized carbons (Fsp3) is 0.417. The van der Waals surface area contributed by atoms with Gasteiger partial charge in [0.1, 0.15) is 6.04 Å². The first-order valence-electron chi connectivity index (χ1n) is 11.7. The first-order chi connectivity index (χ1) is 17.6. The maximum absolute atomic E-state index is 12.8. The van der Waals surface area contributed by atoms with Crippen LogP contribution in [0.4, 0.5) is 0 Å². The number of carbonyl (C=O) groups is 1. The molecule has 0 fully saturated rings. The number of amides is 1. The third-order valence-electron chi connectivity index (χ3n) is 6.52. The molecule has 3 heterocycles. The number of aliphatic hydroxyl groups excluding tert-OH is 2. The molecule has 12 heteroatoms. The molecule has 1 amide bonds. The third kappa shape index (κ3) is 4.12. The van der Waals surface area contributed by atoms with Gasteiger partial charge >= 0.3 is 0 Å². The van der Waals surface area contributed by atoms with Crippen LogP contribution in [0.3, 0.4) is 0 Å². The van der Waals surface area contributed by atoms with Gasteiger partial charge < -0.3 is 29.3 Å². The van der Waals surface area contributed by atoms with Crippen LogP contribution in [0.2, 0.25) is 0 Å². The van der Waals surface area contributed by atoms with Gasteiger partial charge in [-0.15, -0.1) is 5.10 Å². The van der Waals surface area contributed by atoms with Crippen LogP contribution in [0.25, 0.3) is 5.69 Å². The summed E-state index contributed by atoms with van der Waals surface area (Å²) < 4.78 is 18.8. The van der Waals surface area contributed by atoms with E-state index in [0.717, 1.165) is 24.1 Å². The van der Waals surface area contributed by atoms with Gasteiger partial charge in [-0.2, -0.15) is 4.68 Å². The van der Waals surface area contributed by atoms with E-state index in [4.69, 9.17) is 14.2 Å². The topological polar surface area (TPSA) is 135 Å². The van der Waals surface area contributed by atoms with Crippen LogP contribution < -0.4 is 14.2 Å². The number of rotatable bonds is 8. The molecule has 5 rings (SSSR count). The van der Waals surface area contributed by atoms with Crippen molar-refractivity contribution < 1.29 is 29.2 Å². The highest BCUT2D eigenvalue weighted by Crippen LogP contribution is 2.50. The van der Waals surface area contributed by atoms with Crippen molar-refractivity contribution in [3.8, 4) is 22.9 Å². The molecule has 190 valence electrons. The Morgan fingerprint density at radius 3 is 2.64 bits per heavy atom. The van der Waals surface area contributed by atoms with Crippen molar-refractivity contribution in [3.05, 3.63) is 52.8 Å². The van der Waals surface area contributed by atoms with E-state index in [-0.39, 0.29) is 45.0 Å². The number of hydrogen-bond donors (Lipinski definition) is 2. The van der Waals surface area contributed by atoms with Gasteiger partial charge in [0, 0.05) is 30.8 Å². The molecule has 3 aromatic rings. The summed E-state index contributed by atoms with van der Waals surface area (Å²) in [6.45, 7) is 0.853. The molecule has 0 saturated carbocycles. The van der Waals surface area contributed by atoms with Crippen LogP contribution >= 0.6 is 0 Å². The van der Waals surface area contributed by atoms with Gasteiger partial charge in [0.05, 0.1) is 26.0 Å². The van der Waals surface area contributed by atoms with Crippen molar-refractivity contribution in [3.63, 3.8) is 0 Å². The van der Waals surface area contributed by atoms with Gasteiger partial charge in [-0.1, -0.05) is 0 Å². The smallest absolute Gasteiger partial charge is 0.254 e. The van der Waals surface area contributed by atoms with Crippen LogP contribution in [-0.4, -0.2) is 99.9 Å². The molecule has 0 spiro atoms. The number of tetrazole rings is 1. The maximum Gasteiger partial charge on any atom is 0.254 e. The average molecular weight is 497 g/mol. The predicted octanol–water partition coefficient (Wildman–Crippen LogP) is 0.404. The van der Waals surface area contributed by atoms with Gasteiger partial charge in [-0.3, -0.25) is 9.69 Å². The number of nitrogens with zero attached hydrogens (tertiary/aromatic N) is 6. The Kier molecular flexibility index (Phi) is 6.72. The number of carbonyl (C=O) groups excluding carboxylic acids is 1. The fourth-order valence-electron chi connectivity index (χ4n) is 4.79. The zero-order valence-electron chi connectivity index (χ0n) is 20.1. The zero-order valence-corrected chi connectivity index (χ0v) is 20.1. The minimum atomic E-state index is -0.306. The van der Waals surface area contributed by atoms with Gasteiger partial charge in [-0.05, 0) is 59.8 Å². The lowest BCUT2D eigenvalue weighted by molar-refractivity contribution is 0.0685. The monoisotopic (exact) mass is 496 g/mol. The molecule has 0 radical (unpaired) electrons. The fourth-order valence-corrected chi connectivity index (χ4v) is 4.79. The Morgan fingerprint density at radius 1 is 1.19 bits per heavy atom. The highest BCUT2D eigenvalue weighted by molar-refractivity contribution is 5.94. The number of likely N-dealkylation sites (N-methyl/N-ethyl adjacent to an activating group) is 1. The minimum Gasteiger partial charge on any atom is -0.492 e. The Labute approximate surface area is 207 Å². The molecule has 1 atom stereocenters. The van der Waals surface area contributed by atoms with Crippen molar-refractivity contribution in [1.29, 1.82) is 0 Å². The van der Waals surface area contributed by atoms with E-state index >= 15 is 0 Å². The Bertz CT molecular complexity index is 1240. The van der Waals surface area contributed by atoms with Gasteiger partial charge in [0.25, 0.3) is 5.91 Å². The molecular weight excluding hydrogens is 468 g/mol. The largest absolute Gasteiger partial charge is 0.492 e. The maximum atomic E-state index is 12.8. The van der Waals surface area contributed by atoms with Crippen molar-refractivity contribution in [2.24, 2.45) is 0 Å². The first kappa shape index (κ1) is 24.0. The first-order valence-corrected chi connectivity index (χ1v) is 11.7. The van der Waals surface area contributed by atoms with E-state index < -0.39 is 0 Å². The number of hydrogen-bond acceptors (Lipinski definition) is 10. The average Bonchev–Trinajstić information content (AvgIpc) is 3.57. The second-order valence-electron chi connectivity index (χ2n) is 8.58. The van der Waals surface area contributed by atoms with Crippen molar-refractivity contribution in [2.75, 3.05) is 53.8 Å². The number of methoxy groups -OCH3 is 1. The van der Waals surface area contributed by atoms with E-state index in [9.17, 15) is 15.0 Å². The van der Waals surface area contributed by atoms with Gasteiger partial charge in [-0.25, -0.2) is 0 Å². The molecule has 0 unspecified atom stereocenters. The number of fused-ring (bicyclic) bond motifs is 2. The van der Waals surface area contributed by atoms with E-state index in [1.54, 1.807) is 36.1 Å². The van der Waals surface area contributed by atoms with E-state index in [1.807, 2.05) is 13.1 Å². The molecule has 0 saturated heterocycles. The van der Waals surface area contributed by atoms with Crippen LogP contribution in [0.5, 0.6) is 17.2 Å². The molecule has 2 aliphatic heterocycles. The standard InChI is InChI=1S/C24H28N6O6/c1-28-8-7-16-13-18-21(36-14-35-18)22(34-2)19(16)20(28)23-25-26-27-30(23)17-5-3-15(4-6-17)24(33)29(9-11-31)10-12-32/h3-6,13,20,31-32H,7-12,14H2,1-2H3/t20-/m0/s1. The predicted molar refractivity (Wildman–Crippen MR) is 127 cm³/mol. The van der Waals surface area contributed by atoms with Crippen molar-refractivity contribution >= 4 is 5.91 Å². The lowest BCUT2D eigenvalue weighted by Gasteiger charge is -2.34. The van der Waals surface area contributed by atoms with Gasteiger partial charge in [0.2, 0.25) is 12.5 Å². The lowest BCUT2D eigenvalue weighted by Crippen LogP contribution is -2.36. The Balaban J connectivity index is 1.51. The molecule has 2 N–H and O–H groups in total. The summed E-state index contributed by atoms with van der Waals surface area (Å²) in [6, 6.07) is 8.59. The third-order valence-corrected chi connectivity index (χ3v) is 6.52. The number of aliphatic hydroxyl groups is 2. The summed E-state index contributed by atoms with van der Waals surface area (Å²) in [5, 5.41) is 31.0. The highest BCUT2D eigenvalue weighted by atomic mass is 16.7. The van der Waals surface area contributed by atoms with Crippen LogP contribution in [0, 0.1) is 0 Å². The zero-order chi connectivity index (χ0) is 25.2. The Hall–Kier alpha value is -3.74. The molecule has 1 aromatic heterocycles. The van der Waals surface area contributed by atoms with E-state index in [0.29, 0.717) is 34.3 Å². The molecular formula is C24H28N6O6. The summed E-state index contributed by atoms with van der Waals surface area (Å²) in [5.41, 5.74) is 3.14. The summed E-state index contributed by atoms with van der Waals surface area (Å²) in [5.74, 6) is 2.18. The number of aromatic nitrogens is 4. The molecule has 36 heavy (non-hydrogen) atoms. The van der Waals surface area contributed by atoms with Crippen LogP contribution in [0.15, 0.2) is 30.3 Å². The second-order valence-corrected chi connectivity index (χ2v) is 8.58. The summed E-state index contributed by atoms with van der Waals surface area (Å²) in [7, 11) is 3.62. The molecule has 2 aliphatic rings. The molecule has 2 aromatic carbocycles. The van der Waals surface area contributed by atoms with Crippen molar-refractivity contribution in [1.82, 2.24) is 30.0 Å². The van der Waals surface area contributed by atoms with E-state index in [1.165, 1.54) is 4.90 Å². The lowest BCUT2D eigenvalue weighted by atomic mass is 9.90. The Morgan fingerprint density at radius 2 is 1.94 bits per heavy atom. The van der Waals surface area contributed by atoms with Gasteiger partial charge in [0.15, 0.2) is 17.3 Å². The highest BCUT2D eigenvalue weighted by Gasteiger charge is 2.37. The quantitative estimate of drug-likeness (QED) is 0.451. The normalized spacial score (nSPS) is 16.6. The van der Waals surface area contributed by atoms with Crippen molar-refractivity contribution in [2.45, 2.75) is 12.5 Å². The number of ether oxygens (including phenoxy) is 3. The van der Waals surface area contributed by atoms with Crippen LogP contribution in [0.1, 0.15) is 33.4 Å². The summed E-state index contributed by atoms with van der Waals surface area (Å²) in [4.78, 5) is 16.4. The summed E-state index contributed by atoms with van der Waals surface area (Å²) in [6.07, 6.45) is 0.811. The number of benzene rings is 2. The second kappa shape index (κ2) is 10.1. The summed E-state index contributed by atoms with van der Waals surface area (Å²) >= 11 is 0. The van der Waals surface area contributed by atoms with Crippen LogP contribution in [-0.2, 0) is 6.42 Å². The molecule has 12 nitrogen and oxygen atoms in total. The van der Waals surface area contributed by atoms with E-state index in [2.05, 4.69) is 20.4 Å².